The summed E-state index contributed by atoms with van der Waals surface area (Å²) < 4.78 is 13.7. The maximum absolute atomic E-state index is 13.6. The van der Waals surface area contributed by atoms with Crippen LogP contribution in [0, 0.1) is 15.9 Å². The molecule has 0 saturated heterocycles. The molecule has 104 valence electrons. The second-order valence-corrected chi connectivity index (χ2v) is 5.71. The first-order valence-electron chi connectivity index (χ1n) is 6.09. The minimum atomic E-state index is -0.529. The van der Waals surface area contributed by atoms with Gasteiger partial charge in [0.05, 0.1) is 9.40 Å². The lowest BCUT2D eigenvalue weighted by Gasteiger charge is -2.29. The quantitative estimate of drug-likeness (QED) is 0.655. The van der Waals surface area contributed by atoms with Gasteiger partial charge in [-0.25, -0.2) is 4.39 Å². The number of hydrogen-bond acceptors (Lipinski definition) is 4. The van der Waals surface area contributed by atoms with E-state index in [1.54, 1.807) is 0 Å². The Morgan fingerprint density at radius 2 is 2.11 bits per heavy atom. The number of nitrogens with zero attached hydrogens (tertiary/aromatic N) is 1. The normalized spacial score (nSPS) is 17.4. The Morgan fingerprint density at radius 1 is 1.47 bits per heavy atom. The Labute approximate surface area is 118 Å². The van der Waals surface area contributed by atoms with Gasteiger partial charge in [-0.1, -0.05) is 12.8 Å². The molecular weight excluding hydrogens is 317 g/mol. The maximum atomic E-state index is 13.6. The molecule has 0 bridgehead atoms. The van der Waals surface area contributed by atoms with Gasteiger partial charge in [-0.15, -0.1) is 0 Å². The maximum Gasteiger partial charge on any atom is 0.293 e. The third-order valence-corrected chi connectivity index (χ3v) is 4.19. The summed E-state index contributed by atoms with van der Waals surface area (Å²) in [5, 5.41) is 14.1. The molecule has 1 fully saturated rings. The van der Waals surface area contributed by atoms with Crippen LogP contribution in [0.5, 0.6) is 0 Å². The van der Waals surface area contributed by atoms with Gasteiger partial charge in [-0.05, 0) is 28.8 Å². The van der Waals surface area contributed by atoms with E-state index in [1.807, 2.05) is 0 Å². The molecule has 1 aromatic rings. The average molecular weight is 332 g/mol. The first-order valence-corrected chi connectivity index (χ1v) is 6.88. The molecule has 5 nitrogen and oxygen atoms in total. The lowest BCUT2D eigenvalue weighted by Crippen LogP contribution is -2.42. The van der Waals surface area contributed by atoms with Crippen molar-refractivity contribution < 1.29 is 9.31 Å². The van der Waals surface area contributed by atoms with Crippen molar-refractivity contribution in [3.63, 3.8) is 0 Å². The molecule has 3 N–H and O–H groups in total. The molecule has 0 spiro atoms. The average Bonchev–Trinajstić information content (AvgIpc) is 2.82. The summed E-state index contributed by atoms with van der Waals surface area (Å²) in [5.74, 6) is -0.529. The van der Waals surface area contributed by atoms with Crippen LogP contribution < -0.4 is 11.1 Å². The smallest absolute Gasteiger partial charge is 0.293 e. The SMILES string of the molecule is NCC1(Nc2cc(F)c(Br)cc2[N+](=O)[O-])CCCC1. The van der Waals surface area contributed by atoms with Crippen molar-refractivity contribution in [3.05, 3.63) is 32.5 Å². The van der Waals surface area contributed by atoms with Gasteiger partial charge in [-0.3, -0.25) is 10.1 Å². The van der Waals surface area contributed by atoms with Crippen LogP contribution in [0.3, 0.4) is 0 Å². The molecule has 0 radical (unpaired) electrons. The van der Waals surface area contributed by atoms with E-state index < -0.39 is 10.7 Å². The van der Waals surface area contributed by atoms with Crippen LogP contribution in [0.1, 0.15) is 25.7 Å². The van der Waals surface area contributed by atoms with Gasteiger partial charge in [0.25, 0.3) is 5.69 Å². The minimum Gasteiger partial charge on any atom is -0.373 e. The second-order valence-electron chi connectivity index (χ2n) is 4.86. The molecule has 0 heterocycles. The Hall–Kier alpha value is -1.21. The lowest BCUT2D eigenvalue weighted by atomic mass is 9.97. The number of nitrogens with one attached hydrogen (secondary N) is 1. The van der Waals surface area contributed by atoms with Crippen LogP contribution in [0.25, 0.3) is 0 Å². The summed E-state index contributed by atoms with van der Waals surface area (Å²) in [6, 6.07) is 2.33. The van der Waals surface area contributed by atoms with Gasteiger partial charge in [-0.2, -0.15) is 0 Å². The molecule has 0 atom stereocenters. The summed E-state index contributed by atoms with van der Waals surface area (Å²) in [6.45, 7) is 0.377. The molecule has 7 heteroatoms. The summed E-state index contributed by atoms with van der Waals surface area (Å²) in [4.78, 5) is 10.5. The number of hydrogen-bond donors (Lipinski definition) is 2. The van der Waals surface area contributed by atoms with Crippen LogP contribution in [0.2, 0.25) is 0 Å². The zero-order chi connectivity index (χ0) is 14.0. The van der Waals surface area contributed by atoms with Crippen molar-refractivity contribution in [1.29, 1.82) is 0 Å². The molecule has 0 amide bonds. The number of rotatable bonds is 4. The van der Waals surface area contributed by atoms with Crippen molar-refractivity contribution in [2.45, 2.75) is 31.2 Å². The summed E-state index contributed by atoms with van der Waals surface area (Å²) >= 11 is 2.96. The van der Waals surface area contributed by atoms with Crippen LogP contribution in [-0.4, -0.2) is 17.0 Å². The van der Waals surface area contributed by atoms with Crippen molar-refractivity contribution in [2.24, 2.45) is 5.73 Å². The van der Waals surface area contributed by atoms with E-state index in [-0.39, 0.29) is 21.4 Å². The van der Waals surface area contributed by atoms with Crippen molar-refractivity contribution >= 4 is 27.3 Å². The lowest BCUT2D eigenvalue weighted by molar-refractivity contribution is -0.384. The number of nitro groups is 1. The predicted octanol–water partition coefficient (Wildman–Crippen LogP) is 3.18. The number of benzene rings is 1. The highest BCUT2D eigenvalue weighted by atomic mass is 79.9. The number of halogens is 2. The molecule has 0 aliphatic heterocycles. The largest absolute Gasteiger partial charge is 0.373 e. The topological polar surface area (TPSA) is 81.2 Å². The predicted molar refractivity (Wildman–Crippen MR) is 74.6 cm³/mol. The number of nitro benzene ring substituents is 1. The molecule has 0 aromatic heterocycles. The van der Waals surface area contributed by atoms with Crippen LogP contribution in [0.4, 0.5) is 15.8 Å². The highest BCUT2D eigenvalue weighted by Crippen LogP contribution is 2.37. The Morgan fingerprint density at radius 3 is 2.63 bits per heavy atom. The first-order chi connectivity index (χ1) is 8.97. The summed E-state index contributed by atoms with van der Waals surface area (Å²) in [6.07, 6.45) is 3.74. The van der Waals surface area contributed by atoms with Gasteiger partial charge >= 0.3 is 0 Å². The zero-order valence-corrected chi connectivity index (χ0v) is 11.9. The van der Waals surface area contributed by atoms with Crippen LogP contribution >= 0.6 is 15.9 Å². The monoisotopic (exact) mass is 331 g/mol. The Bertz CT molecular complexity index is 504. The molecule has 2 rings (SSSR count). The van der Waals surface area contributed by atoms with Crippen LogP contribution in [0.15, 0.2) is 16.6 Å². The third kappa shape index (κ3) is 2.87. The van der Waals surface area contributed by atoms with Gasteiger partial charge in [0.1, 0.15) is 11.5 Å². The van der Waals surface area contributed by atoms with Crippen molar-refractivity contribution in [3.8, 4) is 0 Å². The molecular formula is C12H15BrFN3O2. The fourth-order valence-corrected chi connectivity index (χ4v) is 2.84. The molecule has 1 aromatic carbocycles. The molecule has 0 unspecified atom stereocenters. The second kappa shape index (κ2) is 5.42. The van der Waals surface area contributed by atoms with Crippen molar-refractivity contribution in [1.82, 2.24) is 0 Å². The standard InChI is InChI=1S/C12H15BrFN3O2/c13-8-5-11(17(18)19)10(6-9(8)14)16-12(7-15)3-1-2-4-12/h5-6,16H,1-4,7,15H2. The van der Waals surface area contributed by atoms with E-state index in [2.05, 4.69) is 21.2 Å². The van der Waals surface area contributed by atoms with E-state index in [0.29, 0.717) is 6.54 Å². The van der Waals surface area contributed by atoms with E-state index >= 15 is 0 Å². The fraction of sp³-hybridized carbons (Fsp3) is 0.500. The third-order valence-electron chi connectivity index (χ3n) is 3.59. The van der Waals surface area contributed by atoms with Gasteiger partial charge < -0.3 is 11.1 Å². The molecule has 1 aliphatic rings. The van der Waals surface area contributed by atoms with E-state index in [0.717, 1.165) is 31.7 Å². The summed E-state index contributed by atoms with van der Waals surface area (Å²) in [7, 11) is 0. The highest BCUT2D eigenvalue weighted by Gasteiger charge is 2.34. The molecule has 1 aliphatic carbocycles. The number of anilines is 1. The van der Waals surface area contributed by atoms with Crippen LogP contribution in [-0.2, 0) is 0 Å². The Kier molecular flexibility index (Phi) is 4.05. The fourth-order valence-electron chi connectivity index (χ4n) is 2.51. The molecule has 1 saturated carbocycles. The minimum absolute atomic E-state index is 0.0815. The van der Waals surface area contributed by atoms with Crippen molar-refractivity contribution in [2.75, 3.05) is 11.9 Å². The highest BCUT2D eigenvalue weighted by molar-refractivity contribution is 9.10. The van der Waals surface area contributed by atoms with E-state index in [4.69, 9.17) is 5.73 Å². The number of nitrogens with two attached hydrogens (primary N) is 1. The zero-order valence-electron chi connectivity index (χ0n) is 10.3. The van der Waals surface area contributed by atoms with E-state index in [9.17, 15) is 14.5 Å². The van der Waals surface area contributed by atoms with E-state index in [1.165, 1.54) is 6.07 Å². The molecule has 19 heavy (non-hydrogen) atoms. The van der Waals surface area contributed by atoms with Gasteiger partial charge in [0, 0.05) is 24.2 Å². The van der Waals surface area contributed by atoms with Gasteiger partial charge in [0.15, 0.2) is 0 Å². The Balaban J connectivity index is 2.38. The van der Waals surface area contributed by atoms with Gasteiger partial charge in [0.2, 0.25) is 0 Å². The summed E-state index contributed by atoms with van der Waals surface area (Å²) in [5.41, 5.74) is 5.47. The first kappa shape index (κ1) is 14.2.